The van der Waals surface area contributed by atoms with E-state index >= 15 is 0 Å². The van der Waals surface area contributed by atoms with Crippen molar-refractivity contribution >= 4 is 15.9 Å². The van der Waals surface area contributed by atoms with E-state index in [1.165, 1.54) is 23.4 Å². The zero-order valence-electron chi connectivity index (χ0n) is 18.5. The number of carbonyl (C=O) groups is 1. The Morgan fingerprint density at radius 3 is 2.15 bits per heavy atom. The van der Waals surface area contributed by atoms with Gasteiger partial charge in [0.2, 0.25) is 10.0 Å². The minimum atomic E-state index is -4.45. The first-order valence-electron chi connectivity index (χ1n) is 10.5. The van der Waals surface area contributed by atoms with Crippen LogP contribution >= 0.6 is 0 Å². The van der Waals surface area contributed by atoms with Gasteiger partial charge in [-0.3, -0.25) is 4.79 Å². The van der Waals surface area contributed by atoms with Gasteiger partial charge < -0.3 is 9.42 Å². The van der Waals surface area contributed by atoms with Crippen LogP contribution in [-0.2, 0) is 16.2 Å². The lowest BCUT2D eigenvalue weighted by Gasteiger charge is -2.34. The highest BCUT2D eigenvalue weighted by atomic mass is 32.2. The van der Waals surface area contributed by atoms with Crippen LogP contribution in [0.4, 0.5) is 13.2 Å². The monoisotopic (exact) mass is 493 g/mol. The van der Waals surface area contributed by atoms with Crippen molar-refractivity contribution in [3.63, 3.8) is 0 Å². The summed E-state index contributed by atoms with van der Waals surface area (Å²) in [4.78, 5) is 14.9. The SMILES string of the molecule is Cc1noc(C)c1S(=O)(=O)N1CCN(C(=O)c2ccccc2-c2ccc(C(F)(F)F)cc2)CC1. The van der Waals surface area contributed by atoms with Crippen molar-refractivity contribution in [1.82, 2.24) is 14.4 Å². The molecule has 0 saturated carbocycles. The predicted octanol–water partition coefficient (Wildman–Crippen LogP) is 4.12. The third-order valence-electron chi connectivity index (χ3n) is 5.77. The van der Waals surface area contributed by atoms with Gasteiger partial charge >= 0.3 is 6.18 Å². The van der Waals surface area contributed by atoms with Crippen LogP contribution in [-0.4, -0.2) is 54.9 Å². The fourth-order valence-corrected chi connectivity index (χ4v) is 5.75. The molecular formula is C23H22F3N3O4S. The molecule has 0 unspecified atom stereocenters. The summed E-state index contributed by atoms with van der Waals surface area (Å²) in [6.45, 7) is 3.62. The second kappa shape index (κ2) is 8.88. The van der Waals surface area contributed by atoms with Crippen molar-refractivity contribution in [2.45, 2.75) is 24.9 Å². The number of hydrogen-bond donors (Lipinski definition) is 0. The van der Waals surface area contributed by atoms with Crippen molar-refractivity contribution in [1.29, 1.82) is 0 Å². The number of halogens is 3. The Balaban J connectivity index is 1.52. The largest absolute Gasteiger partial charge is 0.416 e. The molecular weight excluding hydrogens is 471 g/mol. The van der Waals surface area contributed by atoms with Gasteiger partial charge in [-0.15, -0.1) is 0 Å². The number of amides is 1. The molecule has 1 aliphatic heterocycles. The predicted molar refractivity (Wildman–Crippen MR) is 118 cm³/mol. The highest BCUT2D eigenvalue weighted by molar-refractivity contribution is 7.89. The van der Waals surface area contributed by atoms with E-state index in [0.717, 1.165) is 12.1 Å². The first kappa shape index (κ1) is 24.0. The van der Waals surface area contributed by atoms with E-state index in [-0.39, 0.29) is 48.4 Å². The van der Waals surface area contributed by atoms with Gasteiger partial charge in [-0.05, 0) is 43.2 Å². The number of aryl methyl sites for hydroxylation is 2. The summed E-state index contributed by atoms with van der Waals surface area (Å²) in [6.07, 6.45) is -4.45. The van der Waals surface area contributed by atoms with Gasteiger partial charge in [0, 0.05) is 31.7 Å². The minimum absolute atomic E-state index is 0.0416. The van der Waals surface area contributed by atoms with Crippen LogP contribution in [0.15, 0.2) is 57.9 Å². The van der Waals surface area contributed by atoms with Gasteiger partial charge in [0.05, 0.1) is 5.56 Å². The lowest BCUT2D eigenvalue weighted by Crippen LogP contribution is -2.50. The van der Waals surface area contributed by atoms with E-state index < -0.39 is 21.8 Å². The van der Waals surface area contributed by atoms with Crippen molar-refractivity contribution < 1.29 is 30.9 Å². The van der Waals surface area contributed by atoms with Gasteiger partial charge in [0.1, 0.15) is 10.6 Å². The van der Waals surface area contributed by atoms with Gasteiger partial charge in [-0.2, -0.15) is 17.5 Å². The van der Waals surface area contributed by atoms with E-state index in [0.29, 0.717) is 16.7 Å². The highest BCUT2D eigenvalue weighted by Gasteiger charge is 2.35. The second-order valence-electron chi connectivity index (χ2n) is 7.97. The molecule has 1 amide bonds. The molecule has 1 fully saturated rings. The average Bonchev–Trinajstić information content (AvgIpc) is 3.16. The molecule has 1 aliphatic rings. The molecule has 0 atom stereocenters. The number of alkyl halides is 3. The summed E-state index contributed by atoms with van der Waals surface area (Å²) >= 11 is 0. The number of aromatic nitrogens is 1. The lowest BCUT2D eigenvalue weighted by molar-refractivity contribution is -0.137. The standard InChI is InChI=1S/C23H22F3N3O4S/c1-15-21(16(2)33-27-15)34(31,32)29-13-11-28(12-14-29)22(30)20-6-4-3-5-19(20)17-7-9-18(10-8-17)23(24,25)26/h3-10H,11-14H2,1-2H3. The van der Waals surface area contributed by atoms with E-state index in [1.54, 1.807) is 36.1 Å². The zero-order valence-corrected chi connectivity index (χ0v) is 19.3. The highest BCUT2D eigenvalue weighted by Crippen LogP contribution is 2.32. The van der Waals surface area contributed by atoms with Crippen LogP contribution in [0.2, 0.25) is 0 Å². The van der Waals surface area contributed by atoms with Crippen LogP contribution < -0.4 is 0 Å². The molecule has 180 valence electrons. The Morgan fingerprint density at radius 2 is 1.59 bits per heavy atom. The van der Waals surface area contributed by atoms with E-state index in [2.05, 4.69) is 5.16 Å². The smallest absolute Gasteiger partial charge is 0.360 e. The van der Waals surface area contributed by atoms with Gasteiger partial charge in [0.15, 0.2) is 5.76 Å². The molecule has 7 nitrogen and oxygen atoms in total. The molecule has 11 heteroatoms. The summed E-state index contributed by atoms with van der Waals surface area (Å²) in [7, 11) is -3.81. The number of nitrogens with zero attached hydrogens (tertiary/aromatic N) is 3. The molecule has 1 aromatic heterocycles. The Kier molecular flexibility index (Phi) is 6.26. The average molecular weight is 494 g/mol. The van der Waals surface area contributed by atoms with Crippen molar-refractivity contribution in [3.8, 4) is 11.1 Å². The van der Waals surface area contributed by atoms with E-state index in [9.17, 15) is 26.4 Å². The number of hydrogen-bond acceptors (Lipinski definition) is 5. The lowest BCUT2D eigenvalue weighted by atomic mass is 9.97. The Hall–Kier alpha value is -3.18. The molecule has 0 aliphatic carbocycles. The third kappa shape index (κ3) is 4.45. The third-order valence-corrected chi connectivity index (χ3v) is 7.92. The van der Waals surface area contributed by atoms with Crippen LogP contribution in [0.1, 0.15) is 27.4 Å². The Morgan fingerprint density at radius 1 is 0.971 bits per heavy atom. The van der Waals surface area contributed by atoms with Gasteiger partial charge in [-0.1, -0.05) is 35.5 Å². The molecule has 4 rings (SSSR count). The number of carbonyl (C=O) groups excluding carboxylic acids is 1. The molecule has 2 heterocycles. The van der Waals surface area contributed by atoms with Crippen molar-refractivity contribution in [2.75, 3.05) is 26.2 Å². The molecule has 3 aromatic rings. The molecule has 0 radical (unpaired) electrons. The van der Waals surface area contributed by atoms with Gasteiger partial charge in [-0.25, -0.2) is 8.42 Å². The molecule has 2 aromatic carbocycles. The maximum Gasteiger partial charge on any atom is 0.416 e. The topological polar surface area (TPSA) is 83.7 Å². The van der Waals surface area contributed by atoms with E-state index in [4.69, 9.17) is 4.52 Å². The first-order valence-corrected chi connectivity index (χ1v) is 11.9. The Bertz CT molecular complexity index is 1290. The quantitative estimate of drug-likeness (QED) is 0.546. The maximum atomic E-state index is 13.3. The summed E-state index contributed by atoms with van der Waals surface area (Å²) in [5, 5.41) is 3.71. The molecule has 0 bridgehead atoms. The number of rotatable bonds is 4. The summed E-state index contributed by atoms with van der Waals surface area (Å²) in [5.41, 5.74) is 0.838. The van der Waals surface area contributed by atoms with Crippen LogP contribution in [0.25, 0.3) is 11.1 Å². The van der Waals surface area contributed by atoms with Crippen LogP contribution in [0.3, 0.4) is 0 Å². The summed E-state index contributed by atoms with van der Waals surface area (Å²) in [5.74, 6) is -0.105. The van der Waals surface area contributed by atoms with Crippen LogP contribution in [0.5, 0.6) is 0 Å². The molecule has 34 heavy (non-hydrogen) atoms. The summed E-state index contributed by atoms with van der Waals surface area (Å²) < 4.78 is 71.0. The van der Waals surface area contributed by atoms with E-state index in [1.807, 2.05) is 0 Å². The van der Waals surface area contributed by atoms with Crippen molar-refractivity contribution in [2.24, 2.45) is 0 Å². The fraction of sp³-hybridized carbons (Fsp3) is 0.304. The number of piperazine rings is 1. The van der Waals surface area contributed by atoms with Crippen molar-refractivity contribution in [3.05, 3.63) is 71.1 Å². The Labute approximate surface area is 194 Å². The summed E-state index contributed by atoms with van der Waals surface area (Å²) in [6, 6.07) is 11.3. The number of sulfonamides is 1. The van der Waals surface area contributed by atoms with Crippen LogP contribution in [0, 0.1) is 13.8 Å². The zero-order chi connectivity index (χ0) is 24.7. The second-order valence-corrected chi connectivity index (χ2v) is 9.85. The minimum Gasteiger partial charge on any atom is -0.360 e. The number of benzene rings is 2. The maximum absolute atomic E-state index is 13.3. The molecule has 0 spiro atoms. The fourth-order valence-electron chi connectivity index (χ4n) is 4.03. The first-order chi connectivity index (χ1) is 16.0. The normalized spacial score (nSPS) is 15.5. The molecule has 0 N–H and O–H groups in total. The van der Waals surface area contributed by atoms with Gasteiger partial charge in [0.25, 0.3) is 5.91 Å². The molecule has 1 saturated heterocycles.